The predicted molar refractivity (Wildman–Crippen MR) is 81.0 cm³/mol. The minimum atomic E-state index is -4.00. The highest BCUT2D eigenvalue weighted by molar-refractivity contribution is 9.10. The Labute approximate surface area is 135 Å². The molecule has 0 aromatic heterocycles. The fourth-order valence-electron chi connectivity index (χ4n) is 1.36. The van der Waals surface area contributed by atoms with Crippen molar-refractivity contribution in [1.82, 2.24) is 5.32 Å². The summed E-state index contributed by atoms with van der Waals surface area (Å²) in [6, 6.07) is 2.52. The van der Waals surface area contributed by atoms with Crippen LogP contribution in [-0.2, 0) is 13.8 Å². The molecule has 0 atom stereocenters. The van der Waals surface area contributed by atoms with Gasteiger partial charge in [-0.05, 0) is 35.0 Å². The summed E-state index contributed by atoms with van der Waals surface area (Å²) in [7, 11) is 1.29. The Kier molecular flexibility index (Phi) is 6.74. The molecule has 0 saturated heterocycles. The molecule has 0 fully saturated rings. The minimum absolute atomic E-state index is 0.0849. The maximum absolute atomic E-state index is 11.9. The van der Waals surface area contributed by atoms with Gasteiger partial charge in [0.25, 0.3) is 15.0 Å². The number of ether oxygens (including phenoxy) is 1. The van der Waals surface area contributed by atoms with Gasteiger partial charge in [0.15, 0.2) is 0 Å². The van der Waals surface area contributed by atoms with E-state index in [0.717, 1.165) is 6.07 Å². The monoisotopic (exact) mass is 403 g/mol. The molecule has 1 amide bonds. The van der Waals surface area contributed by atoms with Crippen molar-refractivity contribution in [3.05, 3.63) is 27.2 Å². The van der Waals surface area contributed by atoms with Gasteiger partial charge in [-0.25, -0.2) is 8.42 Å². The highest BCUT2D eigenvalue weighted by atomic mass is 79.9. The van der Waals surface area contributed by atoms with Gasteiger partial charge in [0.2, 0.25) is 0 Å². The number of benzene rings is 1. The lowest BCUT2D eigenvalue weighted by molar-refractivity contribution is 0.0922. The van der Waals surface area contributed by atoms with E-state index >= 15 is 0 Å². The van der Waals surface area contributed by atoms with Crippen LogP contribution < -0.4 is 5.32 Å². The molecule has 0 radical (unpaired) electrons. The Hall–Kier alpha value is -0.340. The number of halogens is 3. The SMILES string of the molecule is CCOCCNC(=O)c1cc(Cl)c(Br)c(S(=O)(=O)Cl)c1. The second-order valence-electron chi connectivity index (χ2n) is 3.66. The fourth-order valence-corrected chi connectivity index (χ4v) is 3.74. The molecule has 20 heavy (non-hydrogen) atoms. The standard InChI is InChI=1S/C11H12BrCl2NO4S/c1-2-19-4-3-15-11(16)7-5-8(13)10(12)9(6-7)20(14,17)18/h5-6H,2-4H2,1H3,(H,15,16). The summed E-state index contributed by atoms with van der Waals surface area (Å²) in [6.07, 6.45) is 0. The molecule has 0 heterocycles. The van der Waals surface area contributed by atoms with Crippen molar-refractivity contribution in [2.24, 2.45) is 0 Å². The van der Waals surface area contributed by atoms with Gasteiger partial charge in [0.1, 0.15) is 0 Å². The number of carbonyl (C=O) groups is 1. The van der Waals surface area contributed by atoms with Gasteiger partial charge in [0, 0.05) is 29.4 Å². The van der Waals surface area contributed by atoms with E-state index in [9.17, 15) is 13.2 Å². The number of nitrogens with one attached hydrogen (secondary N) is 1. The first-order valence-corrected chi connectivity index (χ1v) is 9.05. The van der Waals surface area contributed by atoms with E-state index in [1.54, 1.807) is 0 Å². The molecular formula is C11H12BrCl2NO4S. The van der Waals surface area contributed by atoms with E-state index in [1.807, 2.05) is 6.92 Å². The zero-order chi connectivity index (χ0) is 15.3. The van der Waals surface area contributed by atoms with E-state index in [2.05, 4.69) is 21.2 Å². The molecule has 0 unspecified atom stereocenters. The second-order valence-corrected chi connectivity index (χ2v) is 7.40. The average Bonchev–Trinajstić information content (AvgIpc) is 2.36. The molecule has 0 saturated carbocycles. The van der Waals surface area contributed by atoms with Crippen LogP contribution in [0.3, 0.4) is 0 Å². The molecule has 1 aromatic rings. The van der Waals surface area contributed by atoms with E-state index in [0.29, 0.717) is 19.8 Å². The van der Waals surface area contributed by atoms with Crippen molar-refractivity contribution >= 4 is 53.2 Å². The lowest BCUT2D eigenvalue weighted by Crippen LogP contribution is -2.27. The van der Waals surface area contributed by atoms with Crippen LogP contribution >= 0.6 is 38.2 Å². The van der Waals surface area contributed by atoms with Crippen LogP contribution in [0.5, 0.6) is 0 Å². The molecule has 0 spiro atoms. The van der Waals surface area contributed by atoms with Crippen molar-refractivity contribution in [2.75, 3.05) is 19.8 Å². The molecule has 1 aromatic carbocycles. The average molecular weight is 405 g/mol. The summed E-state index contributed by atoms with van der Waals surface area (Å²) >= 11 is 8.90. The maximum Gasteiger partial charge on any atom is 0.262 e. The van der Waals surface area contributed by atoms with Gasteiger partial charge < -0.3 is 10.1 Å². The van der Waals surface area contributed by atoms with Crippen LogP contribution in [0.15, 0.2) is 21.5 Å². The summed E-state index contributed by atoms with van der Waals surface area (Å²) < 4.78 is 28.0. The minimum Gasteiger partial charge on any atom is -0.380 e. The Morgan fingerprint density at radius 1 is 1.45 bits per heavy atom. The lowest BCUT2D eigenvalue weighted by Gasteiger charge is -2.09. The molecule has 0 bridgehead atoms. The molecule has 0 aliphatic carbocycles. The fraction of sp³-hybridized carbons (Fsp3) is 0.364. The Morgan fingerprint density at radius 3 is 2.65 bits per heavy atom. The van der Waals surface area contributed by atoms with Crippen LogP contribution in [0.2, 0.25) is 5.02 Å². The van der Waals surface area contributed by atoms with E-state index in [-0.39, 0.29) is 20.0 Å². The number of rotatable bonds is 6. The molecule has 0 aliphatic rings. The smallest absolute Gasteiger partial charge is 0.262 e. The van der Waals surface area contributed by atoms with Crippen molar-refractivity contribution in [1.29, 1.82) is 0 Å². The van der Waals surface area contributed by atoms with Gasteiger partial charge in [-0.1, -0.05) is 11.6 Å². The summed E-state index contributed by atoms with van der Waals surface area (Å²) in [5.41, 5.74) is 0.105. The Bertz CT molecular complexity index is 607. The summed E-state index contributed by atoms with van der Waals surface area (Å²) in [5.74, 6) is -0.458. The van der Waals surface area contributed by atoms with Crippen LogP contribution in [0.4, 0.5) is 0 Å². The lowest BCUT2D eigenvalue weighted by atomic mass is 10.2. The highest BCUT2D eigenvalue weighted by Gasteiger charge is 2.20. The van der Waals surface area contributed by atoms with E-state index in [4.69, 9.17) is 27.0 Å². The van der Waals surface area contributed by atoms with Crippen LogP contribution in [-0.4, -0.2) is 34.1 Å². The number of amides is 1. The zero-order valence-electron chi connectivity index (χ0n) is 10.5. The van der Waals surface area contributed by atoms with Gasteiger partial charge in [-0.15, -0.1) is 0 Å². The second kappa shape index (κ2) is 7.61. The quantitative estimate of drug-likeness (QED) is 0.584. The maximum atomic E-state index is 11.9. The molecular weight excluding hydrogens is 393 g/mol. The van der Waals surface area contributed by atoms with Crippen LogP contribution in [0.1, 0.15) is 17.3 Å². The van der Waals surface area contributed by atoms with Crippen molar-refractivity contribution in [2.45, 2.75) is 11.8 Å². The largest absolute Gasteiger partial charge is 0.380 e. The van der Waals surface area contributed by atoms with Crippen LogP contribution in [0, 0.1) is 0 Å². The third-order valence-corrected chi connectivity index (χ3v) is 5.24. The molecule has 1 N–H and O–H groups in total. The van der Waals surface area contributed by atoms with Gasteiger partial charge >= 0.3 is 0 Å². The molecule has 9 heteroatoms. The van der Waals surface area contributed by atoms with Gasteiger partial charge in [-0.2, -0.15) is 0 Å². The first kappa shape index (κ1) is 17.7. The van der Waals surface area contributed by atoms with Crippen molar-refractivity contribution in [3.8, 4) is 0 Å². The third kappa shape index (κ3) is 4.89. The van der Waals surface area contributed by atoms with Crippen molar-refractivity contribution in [3.63, 3.8) is 0 Å². The van der Waals surface area contributed by atoms with Crippen molar-refractivity contribution < 1.29 is 17.9 Å². The Morgan fingerprint density at radius 2 is 2.10 bits per heavy atom. The topological polar surface area (TPSA) is 72.5 Å². The van der Waals surface area contributed by atoms with Gasteiger partial charge in [0.05, 0.1) is 21.0 Å². The summed E-state index contributed by atoms with van der Waals surface area (Å²) in [6.45, 7) is 3.07. The molecule has 1 rings (SSSR count). The number of carbonyl (C=O) groups excluding carboxylic acids is 1. The molecule has 0 aliphatic heterocycles. The molecule has 5 nitrogen and oxygen atoms in total. The number of hydrogen-bond acceptors (Lipinski definition) is 4. The molecule has 112 valence electrons. The Balaban J connectivity index is 2.97. The zero-order valence-corrected chi connectivity index (χ0v) is 14.4. The first-order chi connectivity index (χ1) is 9.27. The third-order valence-electron chi connectivity index (χ3n) is 2.26. The van der Waals surface area contributed by atoms with Crippen LogP contribution in [0.25, 0.3) is 0 Å². The first-order valence-electron chi connectivity index (χ1n) is 5.57. The predicted octanol–water partition coefficient (Wildman–Crippen LogP) is 2.80. The number of hydrogen-bond donors (Lipinski definition) is 1. The normalized spacial score (nSPS) is 11.4. The van der Waals surface area contributed by atoms with Gasteiger partial charge in [-0.3, -0.25) is 4.79 Å². The summed E-state index contributed by atoms with van der Waals surface area (Å²) in [4.78, 5) is 11.6. The van der Waals surface area contributed by atoms with E-state index in [1.165, 1.54) is 6.07 Å². The van der Waals surface area contributed by atoms with E-state index < -0.39 is 15.0 Å². The summed E-state index contributed by atoms with van der Waals surface area (Å²) in [5, 5.41) is 2.67. The highest BCUT2D eigenvalue weighted by Crippen LogP contribution is 2.33.